The van der Waals surface area contributed by atoms with Crippen molar-refractivity contribution in [1.29, 1.82) is 0 Å². The van der Waals surface area contributed by atoms with E-state index in [0.717, 1.165) is 28.3 Å². The Kier molecular flexibility index (Phi) is 8.21. The first-order valence-electron chi connectivity index (χ1n) is 16.5. The van der Waals surface area contributed by atoms with Crippen LogP contribution in [0, 0.1) is 5.92 Å². The molecule has 4 atom stereocenters. The van der Waals surface area contributed by atoms with Gasteiger partial charge in [0.05, 0.1) is 46.6 Å². The number of carbonyl (C=O) groups excluding carboxylic acids is 3. The van der Waals surface area contributed by atoms with Crippen molar-refractivity contribution in [3.05, 3.63) is 77.9 Å². The highest BCUT2D eigenvalue weighted by molar-refractivity contribution is 6.91. The maximum atomic E-state index is 15.0. The van der Waals surface area contributed by atoms with Crippen LogP contribution in [0.2, 0.25) is 18.6 Å². The second-order valence-electron chi connectivity index (χ2n) is 13.5. The predicted molar refractivity (Wildman–Crippen MR) is 183 cm³/mol. The van der Waals surface area contributed by atoms with E-state index in [1.165, 1.54) is 5.19 Å². The van der Waals surface area contributed by atoms with Crippen LogP contribution in [0.1, 0.15) is 24.5 Å². The lowest BCUT2D eigenvalue weighted by Crippen LogP contribution is -2.51. The van der Waals surface area contributed by atoms with Gasteiger partial charge in [-0.25, -0.2) is 9.59 Å². The number of carbonyl (C=O) groups is 3. The van der Waals surface area contributed by atoms with E-state index in [1.54, 1.807) is 21.8 Å². The average Bonchev–Trinajstić information content (AvgIpc) is 3.84. The number of cyclic esters (lactones) is 2. The Bertz CT molecular complexity index is 1730. The zero-order chi connectivity index (χ0) is 33.8. The SMILES string of the molecule is COc1ccc([Si](C)(C)[C@H]2[C@H](CCO)O[C@@]3(C(=O)N(Cc4ccc(N5CCOC5=O)cc4)c4ccc(N5CCOC5=O)cc43)[C@@H]2C)cc1. The van der Waals surface area contributed by atoms with Gasteiger partial charge in [0.25, 0.3) is 5.91 Å². The monoisotopic (exact) mass is 671 g/mol. The summed E-state index contributed by atoms with van der Waals surface area (Å²) in [5, 5.41) is 11.5. The third kappa shape index (κ3) is 5.05. The molecule has 1 N–H and O–H groups in total. The van der Waals surface area contributed by atoms with Crippen LogP contribution in [-0.4, -0.2) is 77.4 Å². The van der Waals surface area contributed by atoms with Crippen LogP contribution in [0.25, 0.3) is 0 Å². The quantitative estimate of drug-likeness (QED) is 0.324. The molecule has 0 bridgehead atoms. The Hall–Kier alpha value is -4.39. The maximum absolute atomic E-state index is 15.0. The number of aliphatic hydroxyl groups excluding tert-OH is 1. The van der Waals surface area contributed by atoms with E-state index in [1.807, 2.05) is 54.6 Å². The van der Waals surface area contributed by atoms with Crippen molar-refractivity contribution in [2.45, 2.75) is 50.2 Å². The molecule has 4 aliphatic rings. The van der Waals surface area contributed by atoms with Gasteiger partial charge in [-0.05, 0) is 60.0 Å². The van der Waals surface area contributed by atoms with Crippen LogP contribution >= 0.6 is 0 Å². The highest BCUT2D eigenvalue weighted by Gasteiger charge is 2.66. The molecule has 3 aromatic carbocycles. The molecule has 1 spiro atoms. The molecule has 4 aliphatic heterocycles. The Morgan fingerprint density at radius 3 is 2.10 bits per heavy atom. The van der Waals surface area contributed by atoms with Gasteiger partial charge in [0, 0.05) is 29.5 Å². The predicted octanol–water partition coefficient (Wildman–Crippen LogP) is 4.75. The second-order valence-corrected chi connectivity index (χ2v) is 18.1. The number of rotatable bonds is 9. The van der Waals surface area contributed by atoms with Gasteiger partial charge in [0.1, 0.15) is 19.0 Å². The molecule has 3 saturated heterocycles. The number of hydrogen-bond donors (Lipinski definition) is 1. The molecule has 3 aromatic rings. The standard InChI is InChI=1S/C36H41N3O8Si/c1-23-32(48(3,4)28-12-10-27(44-2)11-13-28)31(15-18-40)47-36(23)29-21-26(38-17-20-46-35(38)43)9-14-30(29)39(33(36)41)22-24-5-7-25(8-6-24)37-16-19-45-34(37)42/h5-14,21,23,31-32,40H,15-20,22H2,1-4H3/t23-,31+,32-,36+/m1/s1. The fourth-order valence-electron chi connectivity index (χ4n) is 8.24. The number of fused-ring (bicyclic) bond motifs is 2. The first-order chi connectivity index (χ1) is 23.1. The molecule has 12 heteroatoms. The van der Waals surface area contributed by atoms with Crippen LogP contribution < -0.4 is 24.6 Å². The summed E-state index contributed by atoms with van der Waals surface area (Å²) >= 11 is 0. The minimum absolute atomic E-state index is 0.0188. The molecule has 0 radical (unpaired) electrons. The molecule has 0 saturated carbocycles. The van der Waals surface area contributed by atoms with Crippen molar-refractivity contribution in [2.75, 3.05) is 54.7 Å². The topological polar surface area (TPSA) is 118 Å². The number of hydrogen-bond acceptors (Lipinski definition) is 8. The van der Waals surface area contributed by atoms with E-state index in [4.69, 9.17) is 18.9 Å². The first kappa shape index (κ1) is 32.2. The van der Waals surface area contributed by atoms with Gasteiger partial charge in [0.15, 0.2) is 5.60 Å². The number of ether oxygens (including phenoxy) is 4. The van der Waals surface area contributed by atoms with Crippen molar-refractivity contribution in [3.63, 3.8) is 0 Å². The number of methoxy groups -OCH3 is 1. The molecular formula is C36H41N3O8Si. The number of nitrogens with zero attached hydrogens (tertiary/aromatic N) is 3. The number of aliphatic hydroxyl groups is 1. The summed E-state index contributed by atoms with van der Waals surface area (Å²) in [5.41, 5.74) is 2.38. The zero-order valence-corrected chi connectivity index (χ0v) is 28.7. The summed E-state index contributed by atoms with van der Waals surface area (Å²) in [5.74, 6) is 0.362. The van der Waals surface area contributed by atoms with Gasteiger partial charge in [-0.3, -0.25) is 14.6 Å². The van der Waals surface area contributed by atoms with Crippen molar-refractivity contribution in [1.82, 2.24) is 0 Å². The lowest BCUT2D eigenvalue weighted by atomic mass is 9.82. The third-order valence-corrected chi connectivity index (χ3v) is 15.0. The Balaban J connectivity index is 1.29. The van der Waals surface area contributed by atoms with Crippen LogP contribution in [0.3, 0.4) is 0 Å². The molecular weight excluding hydrogens is 630 g/mol. The minimum atomic E-state index is -2.35. The van der Waals surface area contributed by atoms with Gasteiger partial charge in [-0.2, -0.15) is 0 Å². The number of amides is 3. The fourth-order valence-corrected chi connectivity index (χ4v) is 12.3. The molecule has 3 fully saturated rings. The normalized spacial score (nSPS) is 25.2. The summed E-state index contributed by atoms with van der Waals surface area (Å²) < 4.78 is 22.8. The average molecular weight is 672 g/mol. The van der Waals surface area contributed by atoms with E-state index < -0.39 is 19.8 Å². The van der Waals surface area contributed by atoms with Gasteiger partial charge in [-0.15, -0.1) is 0 Å². The molecule has 0 aromatic heterocycles. The van der Waals surface area contributed by atoms with Crippen molar-refractivity contribution in [2.24, 2.45) is 5.92 Å². The van der Waals surface area contributed by atoms with Gasteiger partial charge in [0.2, 0.25) is 0 Å². The van der Waals surface area contributed by atoms with E-state index in [2.05, 4.69) is 32.2 Å². The van der Waals surface area contributed by atoms with Gasteiger partial charge >= 0.3 is 12.2 Å². The smallest absolute Gasteiger partial charge is 0.414 e. The summed E-state index contributed by atoms with van der Waals surface area (Å²) in [4.78, 5) is 44.7. The second kappa shape index (κ2) is 12.2. The lowest BCUT2D eigenvalue weighted by molar-refractivity contribution is -0.146. The highest BCUT2D eigenvalue weighted by Crippen LogP contribution is 2.60. The molecule has 11 nitrogen and oxygen atoms in total. The molecule has 252 valence electrons. The van der Waals surface area contributed by atoms with Gasteiger partial charge < -0.3 is 29.0 Å². The fraction of sp³-hybridized carbons (Fsp3) is 0.417. The van der Waals surface area contributed by atoms with Crippen LogP contribution in [0.4, 0.5) is 26.7 Å². The molecule has 0 unspecified atom stereocenters. The Morgan fingerprint density at radius 2 is 1.52 bits per heavy atom. The zero-order valence-electron chi connectivity index (χ0n) is 27.7. The molecule has 4 heterocycles. The van der Waals surface area contributed by atoms with E-state index in [-0.39, 0.29) is 42.7 Å². The van der Waals surface area contributed by atoms with Crippen molar-refractivity contribution >= 4 is 48.4 Å². The highest BCUT2D eigenvalue weighted by atomic mass is 28.3. The summed E-state index contributed by atoms with van der Waals surface area (Å²) in [7, 11) is -0.703. The van der Waals surface area contributed by atoms with E-state index in [0.29, 0.717) is 38.4 Å². The number of anilines is 3. The van der Waals surface area contributed by atoms with E-state index >= 15 is 4.79 Å². The van der Waals surface area contributed by atoms with Crippen molar-refractivity contribution in [3.8, 4) is 5.75 Å². The Morgan fingerprint density at radius 1 is 0.896 bits per heavy atom. The largest absolute Gasteiger partial charge is 0.497 e. The van der Waals surface area contributed by atoms with Crippen molar-refractivity contribution < 1.29 is 38.4 Å². The molecule has 0 aliphatic carbocycles. The molecule has 3 amide bonds. The van der Waals surface area contributed by atoms with Crippen LogP contribution in [-0.2, 0) is 31.2 Å². The third-order valence-electron chi connectivity index (χ3n) is 10.7. The summed E-state index contributed by atoms with van der Waals surface area (Å²) in [6.07, 6.45) is -0.765. The van der Waals surface area contributed by atoms with Gasteiger partial charge in [-0.1, -0.05) is 49.5 Å². The minimum Gasteiger partial charge on any atom is -0.497 e. The number of benzene rings is 3. The van der Waals surface area contributed by atoms with E-state index in [9.17, 15) is 14.7 Å². The van der Waals surface area contributed by atoms with Crippen LogP contribution in [0.5, 0.6) is 5.75 Å². The summed E-state index contributed by atoms with van der Waals surface area (Å²) in [6, 6.07) is 21.4. The first-order valence-corrected chi connectivity index (χ1v) is 19.5. The summed E-state index contributed by atoms with van der Waals surface area (Å²) in [6.45, 7) is 8.49. The molecule has 7 rings (SSSR count). The van der Waals surface area contributed by atoms with Crippen LogP contribution in [0.15, 0.2) is 66.7 Å². The molecule has 48 heavy (non-hydrogen) atoms. The Labute approximate surface area is 280 Å². The maximum Gasteiger partial charge on any atom is 0.414 e. The lowest BCUT2D eigenvalue weighted by Gasteiger charge is -2.37.